The average Bonchev–Trinajstić information content (AvgIpc) is 2.27. The van der Waals surface area contributed by atoms with E-state index in [4.69, 9.17) is 5.11 Å². The number of non-ortho nitro benzene ring substituents is 1. The molecule has 7 heteroatoms. The van der Waals surface area contributed by atoms with Gasteiger partial charge in [-0.3, -0.25) is 15.1 Å². The molecule has 0 unspecified atom stereocenters. The Morgan fingerprint density at radius 1 is 1.41 bits per heavy atom. The van der Waals surface area contributed by atoms with Crippen molar-refractivity contribution < 1.29 is 19.9 Å². The Labute approximate surface area is 94.1 Å². The summed E-state index contributed by atoms with van der Waals surface area (Å²) in [5.41, 5.74) is -0.378. The SMILES string of the molecule is O=C(O)c1c(O)cnc2ccc([N+](=O)[O-])cc12. The Bertz CT molecular complexity index is 638. The third-order valence-electron chi connectivity index (χ3n) is 2.26. The molecule has 17 heavy (non-hydrogen) atoms. The number of benzene rings is 1. The molecule has 0 aliphatic heterocycles. The normalized spacial score (nSPS) is 10.4. The Balaban J connectivity index is 2.85. The summed E-state index contributed by atoms with van der Waals surface area (Å²) in [4.78, 5) is 24.7. The molecule has 0 bridgehead atoms. The number of aromatic hydroxyl groups is 1. The third-order valence-corrected chi connectivity index (χ3v) is 2.26. The molecule has 2 aromatic rings. The van der Waals surface area contributed by atoms with Crippen molar-refractivity contribution in [2.24, 2.45) is 0 Å². The summed E-state index contributed by atoms with van der Waals surface area (Å²) >= 11 is 0. The molecule has 0 fully saturated rings. The lowest BCUT2D eigenvalue weighted by molar-refractivity contribution is -0.384. The second-order valence-corrected chi connectivity index (χ2v) is 3.28. The Kier molecular flexibility index (Phi) is 2.36. The molecule has 86 valence electrons. The third kappa shape index (κ3) is 1.73. The van der Waals surface area contributed by atoms with Crippen LogP contribution in [0.1, 0.15) is 10.4 Å². The van der Waals surface area contributed by atoms with Crippen molar-refractivity contribution in [3.05, 3.63) is 40.1 Å². The number of hydrogen-bond donors (Lipinski definition) is 2. The van der Waals surface area contributed by atoms with Gasteiger partial charge in [0.1, 0.15) is 11.3 Å². The number of fused-ring (bicyclic) bond motifs is 1. The summed E-state index contributed by atoms with van der Waals surface area (Å²) in [5, 5.41) is 29.0. The number of nitro groups is 1. The maximum Gasteiger partial charge on any atom is 0.340 e. The van der Waals surface area contributed by atoms with Gasteiger partial charge in [0.2, 0.25) is 0 Å². The molecule has 0 saturated heterocycles. The van der Waals surface area contributed by atoms with E-state index in [9.17, 15) is 20.0 Å². The number of aromatic nitrogens is 1. The number of carboxylic acids is 1. The van der Waals surface area contributed by atoms with Crippen LogP contribution in [0.25, 0.3) is 10.9 Å². The number of carbonyl (C=O) groups is 1. The topological polar surface area (TPSA) is 114 Å². The minimum atomic E-state index is -1.37. The number of aromatic carboxylic acids is 1. The van der Waals surface area contributed by atoms with E-state index in [0.717, 1.165) is 12.3 Å². The fourth-order valence-electron chi connectivity index (χ4n) is 1.51. The number of carboxylic acid groups (broad SMARTS) is 1. The largest absolute Gasteiger partial charge is 0.505 e. The highest BCUT2D eigenvalue weighted by Crippen LogP contribution is 2.28. The first-order chi connectivity index (χ1) is 8.00. The number of hydrogen-bond acceptors (Lipinski definition) is 5. The van der Waals surface area contributed by atoms with Crippen molar-refractivity contribution in [3.8, 4) is 5.75 Å². The van der Waals surface area contributed by atoms with Crippen LogP contribution < -0.4 is 0 Å². The van der Waals surface area contributed by atoms with E-state index in [2.05, 4.69) is 4.98 Å². The lowest BCUT2D eigenvalue weighted by Gasteiger charge is -2.03. The molecule has 2 rings (SSSR count). The van der Waals surface area contributed by atoms with E-state index in [0.29, 0.717) is 0 Å². The highest BCUT2D eigenvalue weighted by atomic mass is 16.6. The van der Waals surface area contributed by atoms with Gasteiger partial charge in [-0.25, -0.2) is 4.79 Å². The van der Waals surface area contributed by atoms with E-state index < -0.39 is 22.2 Å². The van der Waals surface area contributed by atoms with Crippen molar-refractivity contribution in [1.29, 1.82) is 0 Å². The van der Waals surface area contributed by atoms with Crippen LogP contribution in [0, 0.1) is 10.1 Å². The second kappa shape index (κ2) is 3.71. The predicted octanol–water partition coefficient (Wildman–Crippen LogP) is 1.55. The molecule has 0 radical (unpaired) electrons. The molecule has 0 atom stereocenters. The van der Waals surface area contributed by atoms with E-state index in [1.54, 1.807) is 0 Å². The molecule has 0 saturated carbocycles. The molecule has 0 aliphatic carbocycles. The number of nitro benzene ring substituents is 1. The van der Waals surface area contributed by atoms with Gasteiger partial charge in [-0.2, -0.15) is 0 Å². The first-order valence-electron chi connectivity index (χ1n) is 4.50. The second-order valence-electron chi connectivity index (χ2n) is 3.28. The summed E-state index contributed by atoms with van der Waals surface area (Å²) in [6, 6.07) is 3.63. The van der Waals surface area contributed by atoms with Gasteiger partial charge in [-0.1, -0.05) is 0 Å². The van der Waals surface area contributed by atoms with Gasteiger partial charge >= 0.3 is 5.97 Å². The highest BCUT2D eigenvalue weighted by Gasteiger charge is 2.17. The van der Waals surface area contributed by atoms with Crippen LogP contribution in [-0.2, 0) is 0 Å². The maximum absolute atomic E-state index is 11.0. The predicted molar refractivity (Wildman–Crippen MR) is 57.0 cm³/mol. The van der Waals surface area contributed by atoms with Gasteiger partial charge in [0.05, 0.1) is 16.6 Å². The summed E-state index contributed by atoms with van der Waals surface area (Å²) in [6.07, 6.45) is 0.998. The maximum atomic E-state index is 11.0. The van der Waals surface area contributed by atoms with Crippen LogP contribution in [0.15, 0.2) is 24.4 Å². The van der Waals surface area contributed by atoms with Gasteiger partial charge in [0.15, 0.2) is 0 Å². The first-order valence-corrected chi connectivity index (χ1v) is 4.50. The number of rotatable bonds is 2. The quantitative estimate of drug-likeness (QED) is 0.601. The zero-order chi connectivity index (χ0) is 12.6. The Hall–Kier alpha value is -2.70. The van der Waals surface area contributed by atoms with Crippen molar-refractivity contribution in [1.82, 2.24) is 4.98 Å². The fraction of sp³-hybridized carbons (Fsp3) is 0. The molecule has 0 aliphatic rings. The average molecular weight is 234 g/mol. The molecular formula is C10H6N2O5. The molecular weight excluding hydrogens is 228 g/mol. The van der Waals surface area contributed by atoms with Crippen molar-refractivity contribution in [2.45, 2.75) is 0 Å². The van der Waals surface area contributed by atoms with Crippen molar-refractivity contribution >= 4 is 22.6 Å². The molecule has 1 aromatic carbocycles. The van der Waals surface area contributed by atoms with Crippen molar-refractivity contribution in [3.63, 3.8) is 0 Å². The van der Waals surface area contributed by atoms with Gasteiger partial charge in [0.25, 0.3) is 5.69 Å². The first kappa shape index (κ1) is 10.8. The van der Waals surface area contributed by atoms with Crippen LogP contribution in [0.4, 0.5) is 5.69 Å². The van der Waals surface area contributed by atoms with Crippen LogP contribution in [0.3, 0.4) is 0 Å². The summed E-state index contributed by atoms with van der Waals surface area (Å²) < 4.78 is 0. The van der Waals surface area contributed by atoms with Gasteiger partial charge in [-0.05, 0) is 6.07 Å². The standard InChI is InChI=1S/C10H6N2O5/c13-8-4-11-7-2-1-5(12(16)17)3-6(7)9(8)10(14)15/h1-4,13H,(H,14,15). The van der Waals surface area contributed by atoms with Crippen LogP contribution in [-0.4, -0.2) is 26.1 Å². The van der Waals surface area contributed by atoms with Gasteiger partial charge in [0, 0.05) is 17.5 Å². The van der Waals surface area contributed by atoms with Crippen LogP contribution >= 0.6 is 0 Å². The molecule has 0 spiro atoms. The molecule has 0 amide bonds. The summed E-state index contributed by atoms with van der Waals surface area (Å²) in [5.74, 6) is -1.89. The molecule has 1 aromatic heterocycles. The van der Waals surface area contributed by atoms with Crippen LogP contribution in [0.5, 0.6) is 5.75 Å². The Morgan fingerprint density at radius 3 is 2.71 bits per heavy atom. The zero-order valence-corrected chi connectivity index (χ0v) is 8.32. The monoisotopic (exact) mass is 234 g/mol. The fourth-order valence-corrected chi connectivity index (χ4v) is 1.51. The van der Waals surface area contributed by atoms with Crippen LogP contribution in [0.2, 0.25) is 0 Å². The van der Waals surface area contributed by atoms with Crippen molar-refractivity contribution in [2.75, 3.05) is 0 Å². The minimum absolute atomic E-state index is 0.0340. The van der Waals surface area contributed by atoms with Gasteiger partial charge < -0.3 is 10.2 Å². The zero-order valence-electron chi connectivity index (χ0n) is 8.32. The Morgan fingerprint density at radius 2 is 2.12 bits per heavy atom. The van der Waals surface area contributed by atoms with E-state index in [1.165, 1.54) is 12.1 Å². The minimum Gasteiger partial charge on any atom is -0.505 e. The molecule has 1 heterocycles. The summed E-state index contributed by atoms with van der Waals surface area (Å²) in [6.45, 7) is 0. The summed E-state index contributed by atoms with van der Waals surface area (Å²) in [7, 11) is 0. The lowest BCUT2D eigenvalue weighted by Crippen LogP contribution is -2.00. The van der Waals surface area contributed by atoms with E-state index in [1.807, 2.05) is 0 Å². The lowest BCUT2D eigenvalue weighted by atomic mass is 10.1. The van der Waals surface area contributed by atoms with E-state index >= 15 is 0 Å². The number of nitrogens with zero attached hydrogens (tertiary/aromatic N) is 2. The van der Waals surface area contributed by atoms with Gasteiger partial charge in [-0.15, -0.1) is 0 Å². The molecule has 2 N–H and O–H groups in total. The van der Waals surface area contributed by atoms with E-state index in [-0.39, 0.29) is 16.6 Å². The highest BCUT2D eigenvalue weighted by molar-refractivity contribution is 6.05. The molecule has 7 nitrogen and oxygen atoms in total. The number of pyridine rings is 1. The smallest absolute Gasteiger partial charge is 0.340 e.